The Morgan fingerprint density at radius 1 is 0.842 bits per heavy atom. The molecular weight excluding hydrogens is 232 g/mol. The molecule has 0 atom stereocenters. The van der Waals surface area contributed by atoms with Crippen molar-refractivity contribution in [1.82, 2.24) is 10.2 Å². The van der Waals surface area contributed by atoms with Crippen LogP contribution in [0, 0.1) is 23.2 Å². The van der Waals surface area contributed by atoms with E-state index in [0.717, 1.165) is 17.8 Å². The highest BCUT2D eigenvalue weighted by atomic mass is 15.2. The molecule has 0 amide bonds. The van der Waals surface area contributed by atoms with Gasteiger partial charge in [0.15, 0.2) is 0 Å². The molecule has 2 heteroatoms. The molecule has 2 nitrogen and oxygen atoms in total. The molecule has 5 fully saturated rings. The van der Waals surface area contributed by atoms with Crippen molar-refractivity contribution in [3.8, 4) is 0 Å². The molecule has 0 radical (unpaired) electrons. The standard InChI is InChI=1S/C17H30N2/c1-19(2)17(3-5-18-6-4-17)16-10-13-7-14(11-16)9-15(8-13)12-16/h13-15,18H,3-12H2,1-2H3. The first-order valence-corrected chi connectivity index (χ1v) is 8.52. The Morgan fingerprint density at radius 3 is 1.74 bits per heavy atom. The van der Waals surface area contributed by atoms with Crippen molar-refractivity contribution >= 4 is 0 Å². The van der Waals surface area contributed by atoms with Crippen LogP contribution < -0.4 is 5.32 Å². The molecule has 4 bridgehead atoms. The van der Waals surface area contributed by atoms with Gasteiger partial charge in [-0.1, -0.05) is 0 Å². The number of hydrogen-bond acceptors (Lipinski definition) is 2. The lowest BCUT2D eigenvalue weighted by Gasteiger charge is -2.66. The summed E-state index contributed by atoms with van der Waals surface area (Å²) >= 11 is 0. The summed E-state index contributed by atoms with van der Waals surface area (Å²) in [6, 6.07) is 0. The molecule has 0 aromatic rings. The molecule has 19 heavy (non-hydrogen) atoms. The Balaban J connectivity index is 1.72. The van der Waals surface area contributed by atoms with Crippen LogP contribution in [-0.4, -0.2) is 37.6 Å². The second kappa shape index (κ2) is 4.21. The normalized spacial score (nSPS) is 47.8. The van der Waals surface area contributed by atoms with Crippen LogP contribution in [0.3, 0.4) is 0 Å². The molecule has 1 aliphatic heterocycles. The average Bonchev–Trinajstić information content (AvgIpc) is 2.37. The van der Waals surface area contributed by atoms with Gasteiger partial charge in [0.25, 0.3) is 0 Å². The van der Waals surface area contributed by atoms with Gasteiger partial charge in [-0.15, -0.1) is 0 Å². The summed E-state index contributed by atoms with van der Waals surface area (Å²) in [5.74, 6) is 3.24. The van der Waals surface area contributed by atoms with Gasteiger partial charge >= 0.3 is 0 Å². The fourth-order valence-corrected chi connectivity index (χ4v) is 6.97. The number of rotatable bonds is 2. The highest BCUT2D eigenvalue weighted by molar-refractivity contribution is 5.14. The minimum Gasteiger partial charge on any atom is -0.317 e. The van der Waals surface area contributed by atoms with Crippen LogP contribution >= 0.6 is 0 Å². The summed E-state index contributed by atoms with van der Waals surface area (Å²) < 4.78 is 0. The van der Waals surface area contributed by atoms with Gasteiger partial charge in [-0.25, -0.2) is 0 Å². The molecule has 1 saturated heterocycles. The fourth-order valence-electron chi connectivity index (χ4n) is 6.97. The van der Waals surface area contributed by atoms with Gasteiger partial charge in [0.2, 0.25) is 0 Å². The number of nitrogens with one attached hydrogen (secondary N) is 1. The maximum Gasteiger partial charge on any atom is 0.0284 e. The van der Waals surface area contributed by atoms with Crippen molar-refractivity contribution in [2.45, 2.75) is 56.9 Å². The van der Waals surface area contributed by atoms with E-state index < -0.39 is 0 Å². The lowest BCUT2D eigenvalue weighted by Crippen LogP contribution is -2.66. The second-order valence-corrected chi connectivity index (χ2v) is 8.37. The SMILES string of the molecule is CN(C)C1(C23CC4CC(CC(C4)C2)C3)CCNCC1. The van der Waals surface area contributed by atoms with Crippen molar-refractivity contribution in [1.29, 1.82) is 0 Å². The number of nitrogens with zero attached hydrogens (tertiary/aromatic N) is 1. The molecule has 5 aliphatic rings. The van der Waals surface area contributed by atoms with Crippen molar-refractivity contribution < 1.29 is 0 Å². The van der Waals surface area contributed by atoms with E-state index in [2.05, 4.69) is 24.3 Å². The lowest BCUT2D eigenvalue weighted by molar-refractivity contribution is -0.148. The van der Waals surface area contributed by atoms with Crippen LogP contribution in [0.4, 0.5) is 0 Å². The minimum absolute atomic E-state index is 0.508. The van der Waals surface area contributed by atoms with Crippen molar-refractivity contribution in [3.05, 3.63) is 0 Å². The number of piperidine rings is 1. The molecule has 0 aromatic heterocycles. The summed E-state index contributed by atoms with van der Waals surface area (Å²) in [5, 5.41) is 3.60. The van der Waals surface area contributed by atoms with Crippen LogP contribution in [0.5, 0.6) is 0 Å². The first-order chi connectivity index (χ1) is 9.14. The molecule has 5 rings (SSSR count). The molecular formula is C17H30N2. The third-order valence-corrected chi connectivity index (χ3v) is 7.31. The van der Waals surface area contributed by atoms with Gasteiger partial charge in [0.1, 0.15) is 0 Å². The summed E-state index contributed by atoms with van der Waals surface area (Å²) in [7, 11) is 4.73. The van der Waals surface area contributed by atoms with E-state index in [9.17, 15) is 0 Å². The predicted molar refractivity (Wildman–Crippen MR) is 79.1 cm³/mol. The van der Waals surface area contributed by atoms with Crippen LogP contribution in [0.1, 0.15) is 51.4 Å². The largest absolute Gasteiger partial charge is 0.317 e. The summed E-state index contributed by atoms with van der Waals surface area (Å²) in [5.41, 5.74) is 1.18. The molecule has 4 saturated carbocycles. The van der Waals surface area contributed by atoms with E-state index in [1.54, 1.807) is 38.5 Å². The van der Waals surface area contributed by atoms with E-state index in [4.69, 9.17) is 0 Å². The third kappa shape index (κ3) is 1.68. The second-order valence-electron chi connectivity index (χ2n) is 8.37. The van der Waals surface area contributed by atoms with Gasteiger partial charge < -0.3 is 10.2 Å². The first kappa shape index (κ1) is 12.6. The zero-order chi connectivity index (χ0) is 13.1. The first-order valence-electron chi connectivity index (χ1n) is 8.52. The van der Waals surface area contributed by atoms with Gasteiger partial charge in [-0.2, -0.15) is 0 Å². The van der Waals surface area contributed by atoms with Crippen molar-refractivity contribution in [2.24, 2.45) is 23.2 Å². The highest BCUT2D eigenvalue weighted by Crippen LogP contribution is 2.65. The van der Waals surface area contributed by atoms with Gasteiger partial charge in [-0.3, -0.25) is 0 Å². The molecule has 1 N–H and O–H groups in total. The Hall–Kier alpha value is -0.0800. The maximum absolute atomic E-state index is 3.60. The highest BCUT2D eigenvalue weighted by Gasteiger charge is 2.60. The number of hydrogen-bond donors (Lipinski definition) is 1. The van der Waals surface area contributed by atoms with E-state index in [1.807, 2.05) is 0 Å². The summed E-state index contributed by atoms with van der Waals surface area (Å²) in [4.78, 5) is 2.64. The summed E-state index contributed by atoms with van der Waals surface area (Å²) in [6.07, 6.45) is 12.1. The Labute approximate surface area is 118 Å². The monoisotopic (exact) mass is 262 g/mol. The Bertz CT molecular complexity index is 319. The van der Waals surface area contributed by atoms with Crippen molar-refractivity contribution in [2.75, 3.05) is 27.2 Å². The Morgan fingerprint density at radius 2 is 1.32 bits per heavy atom. The fraction of sp³-hybridized carbons (Fsp3) is 1.00. The van der Waals surface area contributed by atoms with Crippen LogP contribution in [-0.2, 0) is 0 Å². The van der Waals surface area contributed by atoms with E-state index >= 15 is 0 Å². The minimum atomic E-state index is 0.508. The van der Waals surface area contributed by atoms with Gasteiger partial charge in [-0.05, 0) is 102 Å². The zero-order valence-electron chi connectivity index (χ0n) is 12.8. The van der Waals surface area contributed by atoms with Crippen LogP contribution in [0.2, 0.25) is 0 Å². The predicted octanol–water partition coefficient (Wildman–Crippen LogP) is 2.89. The summed E-state index contributed by atoms with van der Waals surface area (Å²) in [6.45, 7) is 2.47. The van der Waals surface area contributed by atoms with E-state index in [1.165, 1.54) is 25.9 Å². The molecule has 0 unspecified atom stereocenters. The van der Waals surface area contributed by atoms with Crippen LogP contribution in [0.15, 0.2) is 0 Å². The quantitative estimate of drug-likeness (QED) is 0.823. The third-order valence-electron chi connectivity index (χ3n) is 7.31. The van der Waals surface area contributed by atoms with Gasteiger partial charge in [0.05, 0.1) is 0 Å². The van der Waals surface area contributed by atoms with Crippen LogP contribution in [0.25, 0.3) is 0 Å². The smallest absolute Gasteiger partial charge is 0.0284 e. The molecule has 1 heterocycles. The topological polar surface area (TPSA) is 15.3 Å². The van der Waals surface area contributed by atoms with Crippen molar-refractivity contribution in [3.63, 3.8) is 0 Å². The maximum atomic E-state index is 3.60. The molecule has 4 aliphatic carbocycles. The zero-order valence-corrected chi connectivity index (χ0v) is 12.8. The van der Waals surface area contributed by atoms with Gasteiger partial charge in [0, 0.05) is 5.54 Å². The Kier molecular flexibility index (Phi) is 2.80. The average molecular weight is 262 g/mol. The van der Waals surface area contributed by atoms with E-state index in [-0.39, 0.29) is 0 Å². The lowest BCUT2D eigenvalue weighted by atomic mass is 9.43. The molecule has 0 spiro atoms. The van der Waals surface area contributed by atoms with E-state index in [0.29, 0.717) is 11.0 Å². The molecule has 0 aromatic carbocycles. The molecule has 108 valence electrons.